The fourth-order valence-corrected chi connectivity index (χ4v) is 2.48. The third-order valence-corrected chi connectivity index (χ3v) is 4.07. The molecule has 1 aromatic heterocycles. The molecule has 2 rings (SSSR count). The van der Waals surface area contributed by atoms with E-state index in [-0.39, 0.29) is 0 Å². The van der Waals surface area contributed by atoms with E-state index in [9.17, 15) is 9.59 Å². The van der Waals surface area contributed by atoms with Gasteiger partial charge in [0.25, 0.3) is 0 Å². The fourth-order valence-electron chi connectivity index (χ4n) is 1.40. The van der Waals surface area contributed by atoms with Crippen LogP contribution in [-0.4, -0.2) is 16.8 Å². The minimum absolute atomic E-state index is 0.427. The Bertz CT molecular complexity index is 633. The van der Waals surface area contributed by atoms with Gasteiger partial charge in [-0.05, 0) is 38.1 Å². The van der Waals surface area contributed by atoms with Gasteiger partial charge in [0.2, 0.25) is 0 Å². The molecule has 2 amide bonds. The Hall–Kier alpha value is -1.73. The number of nitrogens with zero attached hydrogens (tertiary/aromatic N) is 1. The van der Waals surface area contributed by atoms with Crippen molar-refractivity contribution in [3.63, 3.8) is 0 Å². The van der Waals surface area contributed by atoms with Gasteiger partial charge in [-0.15, -0.1) is 11.3 Å². The number of hydrogen-bond donors (Lipinski definition) is 2. The first-order valence-corrected chi connectivity index (χ1v) is 7.38. The van der Waals surface area contributed by atoms with Crippen molar-refractivity contribution in [2.75, 3.05) is 10.6 Å². The molecule has 0 fully saturated rings. The molecule has 1 aromatic carbocycles. The Labute approximate surface area is 128 Å². The van der Waals surface area contributed by atoms with Crippen molar-refractivity contribution in [2.24, 2.45) is 0 Å². The Morgan fingerprint density at radius 3 is 2.25 bits per heavy atom. The third-order valence-electron chi connectivity index (χ3n) is 2.56. The zero-order valence-corrected chi connectivity index (χ0v) is 13.3. The minimum Gasteiger partial charge on any atom is -0.318 e. The van der Waals surface area contributed by atoms with Crippen LogP contribution < -0.4 is 10.6 Å². The lowest BCUT2D eigenvalue weighted by atomic mass is 10.3. The monoisotopic (exact) mass is 353 g/mol. The van der Waals surface area contributed by atoms with Gasteiger partial charge < -0.3 is 5.32 Å². The number of anilines is 2. The Morgan fingerprint density at radius 1 is 1.10 bits per heavy atom. The molecule has 20 heavy (non-hydrogen) atoms. The van der Waals surface area contributed by atoms with Gasteiger partial charge in [-0.25, -0.2) is 4.98 Å². The molecular formula is C13H12BrN3O2S. The summed E-state index contributed by atoms with van der Waals surface area (Å²) in [6.07, 6.45) is 0. The molecule has 0 aliphatic carbocycles. The maximum absolute atomic E-state index is 11.7. The topological polar surface area (TPSA) is 71.1 Å². The number of aromatic nitrogens is 1. The molecule has 104 valence electrons. The summed E-state index contributed by atoms with van der Waals surface area (Å²) < 4.78 is 0.897. The number of aryl methyl sites for hydroxylation is 2. The van der Waals surface area contributed by atoms with E-state index in [1.165, 1.54) is 11.3 Å². The second-order valence-electron chi connectivity index (χ2n) is 4.08. The van der Waals surface area contributed by atoms with Crippen molar-refractivity contribution >= 4 is 49.9 Å². The van der Waals surface area contributed by atoms with E-state index in [0.717, 1.165) is 15.0 Å². The molecule has 0 saturated carbocycles. The van der Waals surface area contributed by atoms with E-state index < -0.39 is 11.8 Å². The van der Waals surface area contributed by atoms with Crippen LogP contribution in [0.1, 0.15) is 10.6 Å². The first-order chi connectivity index (χ1) is 9.45. The number of halogens is 1. The zero-order valence-electron chi connectivity index (χ0n) is 10.9. The zero-order chi connectivity index (χ0) is 14.7. The van der Waals surface area contributed by atoms with Gasteiger partial charge in [0.05, 0.1) is 5.69 Å². The van der Waals surface area contributed by atoms with Crippen molar-refractivity contribution in [1.82, 2.24) is 4.98 Å². The van der Waals surface area contributed by atoms with Crippen LogP contribution >= 0.6 is 27.3 Å². The molecule has 7 heteroatoms. The van der Waals surface area contributed by atoms with Crippen LogP contribution in [0.5, 0.6) is 0 Å². The lowest BCUT2D eigenvalue weighted by molar-refractivity contribution is -0.132. The highest BCUT2D eigenvalue weighted by molar-refractivity contribution is 9.10. The number of hydrogen-bond acceptors (Lipinski definition) is 4. The fraction of sp³-hybridized carbons (Fsp3) is 0.154. The van der Waals surface area contributed by atoms with Gasteiger partial charge in [0, 0.05) is 15.0 Å². The van der Waals surface area contributed by atoms with Crippen LogP contribution in [0, 0.1) is 13.8 Å². The lowest BCUT2D eigenvalue weighted by Crippen LogP contribution is -2.29. The third kappa shape index (κ3) is 3.64. The van der Waals surface area contributed by atoms with Crippen molar-refractivity contribution in [1.29, 1.82) is 0 Å². The number of nitrogens with one attached hydrogen (secondary N) is 2. The highest BCUT2D eigenvalue weighted by Crippen LogP contribution is 2.21. The van der Waals surface area contributed by atoms with Crippen molar-refractivity contribution < 1.29 is 9.59 Å². The summed E-state index contributed by atoms with van der Waals surface area (Å²) in [5.74, 6) is -1.46. The van der Waals surface area contributed by atoms with Crippen LogP contribution in [-0.2, 0) is 9.59 Å². The molecule has 0 aliphatic heterocycles. The molecular weight excluding hydrogens is 342 g/mol. The van der Waals surface area contributed by atoms with Crippen LogP contribution in [0.25, 0.3) is 0 Å². The summed E-state index contributed by atoms with van der Waals surface area (Å²) in [7, 11) is 0. The van der Waals surface area contributed by atoms with Crippen LogP contribution in [0.3, 0.4) is 0 Å². The Kier molecular flexibility index (Phi) is 4.51. The molecule has 1 heterocycles. The normalized spacial score (nSPS) is 10.2. The summed E-state index contributed by atoms with van der Waals surface area (Å²) in [4.78, 5) is 28.6. The van der Waals surface area contributed by atoms with E-state index in [1.807, 2.05) is 13.8 Å². The maximum Gasteiger partial charge on any atom is 0.315 e. The average Bonchev–Trinajstić information content (AvgIpc) is 2.71. The molecule has 0 aliphatic rings. The summed E-state index contributed by atoms with van der Waals surface area (Å²) >= 11 is 4.63. The van der Waals surface area contributed by atoms with Gasteiger partial charge in [-0.3, -0.25) is 14.9 Å². The summed E-state index contributed by atoms with van der Waals surface area (Å²) in [5.41, 5.74) is 1.40. The molecule has 2 N–H and O–H groups in total. The summed E-state index contributed by atoms with van der Waals surface area (Å²) in [6, 6.07) is 6.96. The molecule has 0 radical (unpaired) electrons. The Morgan fingerprint density at radius 2 is 1.70 bits per heavy atom. The van der Waals surface area contributed by atoms with Gasteiger partial charge in [0.15, 0.2) is 5.13 Å². The van der Waals surface area contributed by atoms with Crippen LogP contribution in [0.15, 0.2) is 28.7 Å². The van der Waals surface area contributed by atoms with E-state index >= 15 is 0 Å². The van der Waals surface area contributed by atoms with E-state index in [2.05, 4.69) is 31.5 Å². The highest BCUT2D eigenvalue weighted by atomic mass is 79.9. The van der Waals surface area contributed by atoms with Crippen molar-refractivity contribution in [3.8, 4) is 0 Å². The first kappa shape index (κ1) is 14.7. The van der Waals surface area contributed by atoms with E-state index in [1.54, 1.807) is 24.3 Å². The largest absolute Gasteiger partial charge is 0.318 e. The second-order valence-corrected chi connectivity index (χ2v) is 6.19. The first-order valence-electron chi connectivity index (χ1n) is 5.77. The highest BCUT2D eigenvalue weighted by Gasteiger charge is 2.16. The number of benzene rings is 1. The summed E-state index contributed by atoms with van der Waals surface area (Å²) in [6.45, 7) is 3.76. The molecule has 0 unspecified atom stereocenters. The SMILES string of the molecule is Cc1nc(NC(=O)C(=O)Nc2ccc(Br)cc2)sc1C. The van der Waals surface area contributed by atoms with E-state index in [4.69, 9.17) is 0 Å². The predicted octanol–water partition coefficient (Wildman–Crippen LogP) is 3.10. The number of thiazole rings is 1. The minimum atomic E-state index is -0.735. The van der Waals surface area contributed by atoms with Gasteiger partial charge in [-0.1, -0.05) is 15.9 Å². The number of amides is 2. The average molecular weight is 354 g/mol. The Balaban J connectivity index is 1.98. The van der Waals surface area contributed by atoms with Crippen molar-refractivity contribution in [3.05, 3.63) is 39.3 Å². The maximum atomic E-state index is 11.7. The van der Waals surface area contributed by atoms with Gasteiger partial charge in [-0.2, -0.15) is 0 Å². The van der Waals surface area contributed by atoms with Gasteiger partial charge >= 0.3 is 11.8 Å². The van der Waals surface area contributed by atoms with Crippen LogP contribution in [0.4, 0.5) is 10.8 Å². The standard InChI is InChI=1S/C13H12BrN3O2S/c1-7-8(2)20-13(15-7)17-12(19)11(18)16-10-5-3-9(14)4-6-10/h3-6H,1-2H3,(H,16,18)(H,15,17,19). The van der Waals surface area contributed by atoms with Crippen LogP contribution in [0.2, 0.25) is 0 Å². The second kappa shape index (κ2) is 6.15. The number of carbonyl (C=O) groups excluding carboxylic acids is 2. The van der Waals surface area contributed by atoms with Crippen molar-refractivity contribution in [2.45, 2.75) is 13.8 Å². The number of carbonyl (C=O) groups is 2. The quantitative estimate of drug-likeness (QED) is 0.814. The molecule has 0 spiro atoms. The molecule has 0 bridgehead atoms. The smallest absolute Gasteiger partial charge is 0.315 e. The molecule has 2 aromatic rings. The molecule has 0 atom stereocenters. The van der Waals surface area contributed by atoms with E-state index in [0.29, 0.717) is 10.8 Å². The number of rotatable bonds is 2. The molecule has 0 saturated heterocycles. The summed E-state index contributed by atoms with van der Waals surface area (Å²) in [5, 5.41) is 5.42. The lowest BCUT2D eigenvalue weighted by Gasteiger charge is -2.04. The van der Waals surface area contributed by atoms with Gasteiger partial charge in [0.1, 0.15) is 0 Å². The molecule has 5 nitrogen and oxygen atoms in total. The predicted molar refractivity (Wildman–Crippen MR) is 83.0 cm³/mol.